The summed E-state index contributed by atoms with van der Waals surface area (Å²) in [5, 5.41) is 36.9. The van der Waals surface area contributed by atoms with Crippen molar-refractivity contribution in [2.75, 3.05) is 13.2 Å². The summed E-state index contributed by atoms with van der Waals surface area (Å²) in [5.74, 6) is -12.7. The van der Waals surface area contributed by atoms with Crippen LogP contribution in [0.4, 0.5) is 0 Å². The van der Waals surface area contributed by atoms with Gasteiger partial charge >= 0.3 is 0 Å². The second kappa shape index (κ2) is 31.3. The number of fused-ring (bicyclic) bond motifs is 1. The van der Waals surface area contributed by atoms with Gasteiger partial charge in [0.25, 0.3) is 0 Å². The molecule has 2 saturated heterocycles. The largest absolute Gasteiger partial charge is 0.508 e. The van der Waals surface area contributed by atoms with E-state index in [4.69, 9.17) is 22.9 Å². The number of carbonyl (C=O) groups is 12. The van der Waals surface area contributed by atoms with E-state index >= 15 is 0 Å². The van der Waals surface area contributed by atoms with E-state index in [0.29, 0.717) is 18.4 Å². The zero-order valence-corrected chi connectivity index (χ0v) is 41.8. The molecule has 0 saturated carbocycles. The lowest BCUT2D eigenvalue weighted by Crippen LogP contribution is -2.61. The number of hydrogen-bond acceptors (Lipinski definition) is 14. The number of primary amides is 4. The Morgan fingerprint density at radius 2 is 1.01 bits per heavy atom. The zero-order chi connectivity index (χ0) is 54.9. The Bertz CT molecular complexity index is 2160. The molecule has 2 aliphatic rings. The summed E-state index contributed by atoms with van der Waals surface area (Å²) in [7, 11) is 0. The van der Waals surface area contributed by atoms with Gasteiger partial charge in [-0.05, 0) is 43.4 Å². The van der Waals surface area contributed by atoms with Gasteiger partial charge in [-0.25, -0.2) is 0 Å². The number of hydrogen-bond donors (Lipinski definition) is 13. The van der Waals surface area contributed by atoms with Crippen molar-refractivity contribution in [2.24, 2.45) is 22.9 Å². The number of phenolic OH excluding ortho intramolecular Hbond substituents is 1. The number of carbonyl (C=O) groups excluding carboxylic acids is 12. The van der Waals surface area contributed by atoms with Crippen molar-refractivity contribution in [3.05, 3.63) is 29.8 Å². The Morgan fingerprint density at radius 1 is 0.554 bits per heavy atom. The molecule has 3 rings (SSSR count). The fourth-order valence-corrected chi connectivity index (χ4v) is 8.61. The fraction of sp³-hybridized carbons (Fsp3) is 0.625. The van der Waals surface area contributed by atoms with E-state index in [2.05, 4.69) is 44.1 Å². The minimum absolute atomic E-state index is 0.00829. The van der Waals surface area contributed by atoms with E-state index in [-0.39, 0.29) is 31.6 Å². The Balaban J connectivity index is 2.13. The third-order valence-corrected chi connectivity index (χ3v) is 12.5. The number of rotatable bonds is 22. The van der Waals surface area contributed by atoms with Crippen LogP contribution in [0.1, 0.15) is 128 Å². The predicted octanol–water partition coefficient (Wildman–Crippen LogP) is -3.47. The first-order valence-corrected chi connectivity index (χ1v) is 25.1. The number of aromatic hydroxyl groups is 1. The van der Waals surface area contributed by atoms with Gasteiger partial charge in [-0.2, -0.15) is 0 Å². The van der Waals surface area contributed by atoms with Crippen LogP contribution in [-0.4, -0.2) is 147 Å². The molecule has 2 aliphatic heterocycles. The summed E-state index contributed by atoms with van der Waals surface area (Å²) >= 11 is 0. The summed E-state index contributed by atoms with van der Waals surface area (Å²) < 4.78 is 0. The van der Waals surface area contributed by atoms with Gasteiger partial charge in [0.2, 0.25) is 70.9 Å². The zero-order valence-electron chi connectivity index (χ0n) is 41.8. The molecule has 26 nitrogen and oxygen atoms in total. The van der Waals surface area contributed by atoms with Crippen LogP contribution in [0.5, 0.6) is 5.75 Å². The van der Waals surface area contributed by atoms with Crippen LogP contribution >= 0.6 is 0 Å². The van der Waals surface area contributed by atoms with E-state index in [1.54, 1.807) is 0 Å². The summed E-state index contributed by atoms with van der Waals surface area (Å²) in [6, 6.07) is -7.39. The number of nitrogens with one attached hydrogen (secondary N) is 7. The van der Waals surface area contributed by atoms with Crippen LogP contribution in [0.3, 0.4) is 0 Å². The maximum absolute atomic E-state index is 14.3. The molecule has 8 unspecified atom stereocenters. The second-order valence-electron chi connectivity index (χ2n) is 18.7. The van der Waals surface area contributed by atoms with E-state index in [0.717, 1.165) is 51.4 Å². The van der Waals surface area contributed by atoms with Crippen molar-refractivity contribution < 1.29 is 67.7 Å². The van der Waals surface area contributed by atoms with E-state index in [9.17, 15) is 67.7 Å². The summed E-state index contributed by atoms with van der Waals surface area (Å²) in [5.41, 5.74) is 22.1. The van der Waals surface area contributed by atoms with Crippen molar-refractivity contribution in [1.29, 1.82) is 0 Å². The number of unbranched alkanes of at least 4 members (excludes halogenated alkanes) is 8. The fourth-order valence-electron chi connectivity index (χ4n) is 8.61. The molecule has 410 valence electrons. The first-order valence-electron chi connectivity index (χ1n) is 25.1. The quantitative estimate of drug-likeness (QED) is 0.0502. The van der Waals surface area contributed by atoms with Gasteiger partial charge in [0.15, 0.2) is 0 Å². The summed E-state index contributed by atoms with van der Waals surface area (Å²) in [4.78, 5) is 162. The van der Waals surface area contributed by atoms with Crippen LogP contribution in [0.25, 0.3) is 0 Å². The number of aliphatic hydroxyl groups excluding tert-OH is 1. The van der Waals surface area contributed by atoms with Gasteiger partial charge in [0, 0.05) is 31.8 Å². The smallest absolute Gasteiger partial charge is 0.245 e. The van der Waals surface area contributed by atoms with Crippen LogP contribution in [0, 0.1) is 0 Å². The number of amides is 12. The SMILES string of the molecule is CCCCCCCCCCCC1CC(=O)NC(CC(N)=O)C(=O)NC(Cc2ccc(O)cc2)C(=O)NC(CC(N)=O)C(=O)NC(CO)C(=O)NC(CC(N)=O)C(=O)NC(CCC(N)=O)C(=O)N2CCCC2C(=O)N1. The highest BCUT2D eigenvalue weighted by Crippen LogP contribution is 2.22. The molecule has 2 heterocycles. The molecule has 0 radical (unpaired) electrons. The third-order valence-electron chi connectivity index (χ3n) is 12.5. The molecule has 12 amide bonds. The van der Waals surface area contributed by atoms with Crippen LogP contribution < -0.4 is 60.2 Å². The second-order valence-corrected chi connectivity index (χ2v) is 18.7. The Labute approximate surface area is 428 Å². The maximum Gasteiger partial charge on any atom is 0.245 e. The number of aliphatic hydroxyl groups is 1. The first-order chi connectivity index (χ1) is 35.1. The van der Waals surface area contributed by atoms with Crippen LogP contribution in [0.2, 0.25) is 0 Å². The van der Waals surface area contributed by atoms with Crippen LogP contribution in [-0.2, 0) is 64.0 Å². The van der Waals surface area contributed by atoms with Crippen molar-refractivity contribution in [2.45, 2.75) is 177 Å². The predicted molar refractivity (Wildman–Crippen MR) is 263 cm³/mol. The van der Waals surface area contributed by atoms with Gasteiger partial charge < -0.3 is 75.3 Å². The van der Waals surface area contributed by atoms with Gasteiger partial charge in [-0.1, -0.05) is 76.8 Å². The Morgan fingerprint density at radius 3 is 1.53 bits per heavy atom. The van der Waals surface area contributed by atoms with Gasteiger partial charge in [0.05, 0.1) is 25.9 Å². The molecule has 74 heavy (non-hydrogen) atoms. The van der Waals surface area contributed by atoms with E-state index in [1.807, 2.05) is 0 Å². The molecular weight excluding hydrogens is 969 g/mol. The van der Waals surface area contributed by atoms with E-state index < -0.39 is 164 Å². The molecule has 0 aliphatic carbocycles. The van der Waals surface area contributed by atoms with Crippen molar-refractivity contribution >= 4 is 70.9 Å². The lowest BCUT2D eigenvalue weighted by molar-refractivity contribution is -0.142. The Hall–Kier alpha value is -7.38. The molecule has 0 bridgehead atoms. The molecule has 1 aromatic carbocycles. The average Bonchev–Trinajstić information content (AvgIpc) is 3.83. The minimum atomic E-state index is -1.96. The Kier molecular flexibility index (Phi) is 25.7. The molecule has 26 heteroatoms. The summed E-state index contributed by atoms with van der Waals surface area (Å²) in [6.45, 7) is 0.963. The molecule has 17 N–H and O–H groups in total. The average molecular weight is 1040 g/mol. The molecule has 8 atom stereocenters. The van der Waals surface area contributed by atoms with E-state index in [1.165, 1.54) is 29.2 Å². The molecule has 0 aromatic heterocycles. The number of benzene rings is 1. The number of nitrogens with two attached hydrogens (primary N) is 4. The number of phenols is 1. The lowest BCUT2D eigenvalue weighted by Gasteiger charge is -2.31. The third kappa shape index (κ3) is 21.4. The van der Waals surface area contributed by atoms with Crippen molar-refractivity contribution in [1.82, 2.24) is 42.1 Å². The van der Waals surface area contributed by atoms with Crippen molar-refractivity contribution in [3.63, 3.8) is 0 Å². The normalized spacial score (nSPS) is 24.1. The summed E-state index contributed by atoms with van der Waals surface area (Å²) in [6.07, 6.45) is 5.18. The highest BCUT2D eigenvalue weighted by Gasteiger charge is 2.40. The molecule has 1 aromatic rings. The standard InChI is InChI=1S/C48H74N12O14/c1-2-3-4-5-6-7-8-9-10-12-28-22-41(67)54-32(23-38(50)64)43(69)56-31(21-27-14-16-29(62)17-15-27)42(68)57-34(25-40(52)66)45(71)59-35(26-61)46(72)58-33(24-39(51)65)44(70)55-30(18-19-37(49)63)48(74)60-20-11-13-36(60)47(73)53-28/h14-17,28,30-36,61-62H,2-13,18-26H2,1H3,(H2,49,63)(H2,50,64)(H2,51,65)(H2,52,66)(H,53,73)(H,54,67)(H,55,70)(H,56,69)(H,57,68)(H,58,72)(H,59,71). The lowest BCUT2D eigenvalue weighted by atomic mass is 10.0. The van der Waals surface area contributed by atoms with Gasteiger partial charge in [-0.15, -0.1) is 0 Å². The maximum atomic E-state index is 14.3. The number of nitrogens with zero attached hydrogens (tertiary/aromatic N) is 1. The molecular formula is C48H74N12O14. The molecule has 0 spiro atoms. The van der Waals surface area contributed by atoms with Crippen molar-refractivity contribution in [3.8, 4) is 5.75 Å². The minimum Gasteiger partial charge on any atom is -0.508 e. The first kappa shape index (κ1) is 60.9. The van der Waals surface area contributed by atoms with Gasteiger partial charge in [-0.3, -0.25) is 57.5 Å². The highest BCUT2D eigenvalue weighted by molar-refractivity contribution is 6.00. The molecule has 2 fully saturated rings. The topological polar surface area (TPSA) is 437 Å². The van der Waals surface area contributed by atoms with Crippen LogP contribution in [0.15, 0.2) is 24.3 Å². The monoisotopic (exact) mass is 1040 g/mol. The van der Waals surface area contributed by atoms with Gasteiger partial charge in [0.1, 0.15) is 48.0 Å². The highest BCUT2D eigenvalue weighted by atomic mass is 16.3.